The Morgan fingerprint density at radius 1 is 1.05 bits per heavy atom. The summed E-state index contributed by atoms with van der Waals surface area (Å²) in [5.74, 6) is 0. The molecule has 1 aromatic carbocycles. The highest BCUT2D eigenvalue weighted by Gasteiger charge is 2.21. The Kier molecular flexibility index (Phi) is 4.31. The normalized spacial score (nSPS) is 16.8. The zero-order chi connectivity index (χ0) is 13.6. The summed E-state index contributed by atoms with van der Waals surface area (Å²) in [5, 5.41) is 10.6. The van der Waals surface area contributed by atoms with E-state index < -0.39 is 0 Å². The highest BCUT2D eigenvalue weighted by molar-refractivity contribution is 5.17. The van der Waals surface area contributed by atoms with E-state index in [2.05, 4.69) is 45.7 Å². The van der Waals surface area contributed by atoms with Crippen molar-refractivity contribution in [1.82, 2.24) is 15.1 Å². The lowest BCUT2D eigenvalue weighted by atomic mass is 10.1. The second-order valence-electron chi connectivity index (χ2n) is 5.55. The van der Waals surface area contributed by atoms with Crippen LogP contribution in [0.1, 0.15) is 44.1 Å². The van der Waals surface area contributed by atoms with E-state index in [1.54, 1.807) is 6.20 Å². The van der Waals surface area contributed by atoms with Crippen molar-refractivity contribution in [2.75, 3.05) is 5.01 Å². The molecule has 0 N–H and O–H groups in total. The van der Waals surface area contributed by atoms with Gasteiger partial charge in [0.2, 0.25) is 0 Å². The molecule has 3 rings (SSSR count). The molecule has 1 heterocycles. The van der Waals surface area contributed by atoms with Gasteiger partial charge in [-0.05, 0) is 23.6 Å². The van der Waals surface area contributed by atoms with Crippen molar-refractivity contribution in [3.05, 3.63) is 48.3 Å². The third-order valence-electron chi connectivity index (χ3n) is 4.11. The zero-order valence-corrected chi connectivity index (χ0v) is 11.9. The number of nitrogens with zero attached hydrogens (tertiary/aromatic N) is 4. The topological polar surface area (TPSA) is 34.0 Å². The van der Waals surface area contributed by atoms with Crippen molar-refractivity contribution in [2.45, 2.75) is 51.1 Å². The molecule has 0 bridgehead atoms. The van der Waals surface area contributed by atoms with Crippen molar-refractivity contribution in [2.24, 2.45) is 0 Å². The quantitative estimate of drug-likeness (QED) is 0.800. The number of hydrogen-bond donors (Lipinski definition) is 0. The van der Waals surface area contributed by atoms with E-state index in [1.807, 2.05) is 11.0 Å². The minimum atomic E-state index is 0.569. The Hall–Kier alpha value is -1.84. The van der Waals surface area contributed by atoms with E-state index in [4.69, 9.17) is 0 Å². The molecule has 0 radical (unpaired) electrons. The molecular formula is C16H22N4. The highest BCUT2D eigenvalue weighted by atomic mass is 15.7. The van der Waals surface area contributed by atoms with E-state index in [0.29, 0.717) is 6.04 Å². The molecule has 4 nitrogen and oxygen atoms in total. The standard InChI is InChI=1S/C16H22N4/c1-2-7-11-16(10-6-1)19(20-13-12-17-18-20)14-15-8-4-3-5-9-15/h3-5,8-9,12-13,16H,1-2,6-7,10-11,14H2. The van der Waals surface area contributed by atoms with Gasteiger partial charge in [0.1, 0.15) is 0 Å². The Labute approximate surface area is 120 Å². The molecule has 0 unspecified atom stereocenters. The summed E-state index contributed by atoms with van der Waals surface area (Å²) < 4.78 is 0. The van der Waals surface area contributed by atoms with Crippen LogP contribution in [-0.4, -0.2) is 21.1 Å². The van der Waals surface area contributed by atoms with Gasteiger partial charge in [-0.1, -0.05) is 56.0 Å². The van der Waals surface area contributed by atoms with Gasteiger partial charge < -0.3 is 0 Å². The zero-order valence-electron chi connectivity index (χ0n) is 11.9. The number of hydrogen-bond acceptors (Lipinski definition) is 3. The molecule has 2 aromatic rings. The van der Waals surface area contributed by atoms with Crippen molar-refractivity contribution < 1.29 is 0 Å². The van der Waals surface area contributed by atoms with Crippen LogP contribution in [0.2, 0.25) is 0 Å². The molecule has 1 saturated carbocycles. The van der Waals surface area contributed by atoms with Crippen LogP contribution in [0, 0.1) is 0 Å². The Morgan fingerprint density at radius 2 is 1.80 bits per heavy atom. The third kappa shape index (κ3) is 3.18. The second-order valence-corrected chi connectivity index (χ2v) is 5.55. The van der Waals surface area contributed by atoms with Gasteiger partial charge >= 0.3 is 0 Å². The summed E-state index contributed by atoms with van der Waals surface area (Å²) in [6.45, 7) is 0.898. The van der Waals surface area contributed by atoms with Crippen LogP contribution in [0.15, 0.2) is 42.7 Å². The van der Waals surface area contributed by atoms with Gasteiger partial charge in [-0.2, -0.15) is 4.79 Å². The van der Waals surface area contributed by atoms with Crippen LogP contribution in [0.4, 0.5) is 0 Å². The molecule has 0 aliphatic heterocycles. The van der Waals surface area contributed by atoms with E-state index in [-0.39, 0.29) is 0 Å². The lowest BCUT2D eigenvalue weighted by molar-refractivity contribution is 0.393. The fourth-order valence-electron chi connectivity index (χ4n) is 3.03. The summed E-state index contributed by atoms with van der Waals surface area (Å²) in [6, 6.07) is 11.2. The molecule has 1 aliphatic rings. The summed E-state index contributed by atoms with van der Waals surface area (Å²) in [5.41, 5.74) is 1.33. The number of benzene rings is 1. The molecule has 1 fully saturated rings. The summed E-state index contributed by atoms with van der Waals surface area (Å²) in [7, 11) is 0. The van der Waals surface area contributed by atoms with E-state index in [9.17, 15) is 0 Å². The molecule has 1 aliphatic carbocycles. The van der Waals surface area contributed by atoms with Crippen LogP contribution in [0.3, 0.4) is 0 Å². The first-order valence-electron chi connectivity index (χ1n) is 7.60. The summed E-state index contributed by atoms with van der Waals surface area (Å²) >= 11 is 0. The van der Waals surface area contributed by atoms with E-state index in [0.717, 1.165) is 6.54 Å². The molecule has 0 atom stereocenters. The fourth-order valence-corrected chi connectivity index (χ4v) is 3.03. The van der Waals surface area contributed by atoms with Gasteiger partial charge in [-0.15, -0.1) is 5.10 Å². The maximum Gasteiger partial charge on any atom is 0.0715 e. The molecule has 1 aromatic heterocycles. The minimum Gasteiger partial charge on any atom is -0.288 e. The van der Waals surface area contributed by atoms with Crippen LogP contribution in [0.25, 0.3) is 0 Å². The van der Waals surface area contributed by atoms with Crippen LogP contribution in [0.5, 0.6) is 0 Å². The fraction of sp³-hybridized carbons (Fsp3) is 0.500. The molecule has 0 spiro atoms. The van der Waals surface area contributed by atoms with Crippen LogP contribution in [-0.2, 0) is 6.54 Å². The average molecular weight is 270 g/mol. The van der Waals surface area contributed by atoms with E-state index >= 15 is 0 Å². The predicted molar refractivity (Wildman–Crippen MR) is 79.9 cm³/mol. The van der Waals surface area contributed by atoms with Crippen LogP contribution >= 0.6 is 0 Å². The predicted octanol–water partition coefficient (Wildman–Crippen LogP) is 3.14. The van der Waals surface area contributed by atoms with Gasteiger partial charge in [0.25, 0.3) is 0 Å². The third-order valence-corrected chi connectivity index (χ3v) is 4.11. The summed E-state index contributed by atoms with van der Waals surface area (Å²) in [4.78, 5) is 1.92. The maximum absolute atomic E-state index is 4.21. The van der Waals surface area contributed by atoms with Gasteiger partial charge in [0, 0.05) is 6.04 Å². The first kappa shape index (κ1) is 13.2. The minimum absolute atomic E-state index is 0.569. The Bertz CT molecular complexity index is 486. The van der Waals surface area contributed by atoms with Crippen molar-refractivity contribution >= 4 is 0 Å². The largest absolute Gasteiger partial charge is 0.288 e. The Morgan fingerprint density at radius 3 is 2.45 bits per heavy atom. The molecule has 0 saturated heterocycles. The lowest BCUT2D eigenvalue weighted by Gasteiger charge is -2.32. The average Bonchev–Trinajstić information content (AvgIpc) is 2.88. The Balaban J connectivity index is 1.80. The first-order chi connectivity index (χ1) is 9.93. The lowest BCUT2D eigenvalue weighted by Crippen LogP contribution is -2.43. The molecular weight excluding hydrogens is 248 g/mol. The molecule has 106 valence electrons. The van der Waals surface area contributed by atoms with Gasteiger partial charge in [0.05, 0.1) is 18.9 Å². The first-order valence-corrected chi connectivity index (χ1v) is 7.60. The van der Waals surface area contributed by atoms with Gasteiger partial charge in [-0.3, -0.25) is 5.01 Å². The highest BCUT2D eigenvalue weighted by Crippen LogP contribution is 2.22. The molecule has 0 amide bonds. The van der Waals surface area contributed by atoms with Gasteiger partial charge in [-0.25, -0.2) is 0 Å². The molecule has 4 heteroatoms. The smallest absolute Gasteiger partial charge is 0.0715 e. The van der Waals surface area contributed by atoms with Crippen LogP contribution < -0.4 is 5.01 Å². The summed E-state index contributed by atoms with van der Waals surface area (Å²) in [6.07, 6.45) is 11.6. The van der Waals surface area contributed by atoms with Crippen molar-refractivity contribution in [1.29, 1.82) is 0 Å². The van der Waals surface area contributed by atoms with Crippen molar-refractivity contribution in [3.8, 4) is 0 Å². The van der Waals surface area contributed by atoms with Gasteiger partial charge in [0.15, 0.2) is 0 Å². The van der Waals surface area contributed by atoms with E-state index in [1.165, 1.54) is 44.1 Å². The number of aromatic nitrogens is 3. The molecule has 20 heavy (non-hydrogen) atoms. The SMILES string of the molecule is c1ccc(CN(C2CCCCCC2)n2ccnn2)cc1. The monoisotopic (exact) mass is 270 g/mol. The van der Waals surface area contributed by atoms with Crippen molar-refractivity contribution in [3.63, 3.8) is 0 Å². The maximum atomic E-state index is 4.21. The number of rotatable bonds is 4. The second kappa shape index (κ2) is 6.55.